The SMILES string of the molecule is NS(=O)(=O)c1ccc(CCNC(=O)c2cc(Br)c[nH]2)cc1. The number of nitrogens with two attached hydrogens (primary N) is 1. The van der Waals surface area contributed by atoms with Crippen LogP contribution in [-0.2, 0) is 16.4 Å². The Bertz CT molecular complexity index is 738. The van der Waals surface area contributed by atoms with Gasteiger partial charge in [0.1, 0.15) is 5.69 Å². The molecule has 0 saturated carbocycles. The third kappa shape index (κ3) is 4.42. The van der Waals surface area contributed by atoms with Crippen molar-refractivity contribution in [2.24, 2.45) is 5.14 Å². The zero-order valence-corrected chi connectivity index (χ0v) is 13.4. The summed E-state index contributed by atoms with van der Waals surface area (Å²) in [6, 6.07) is 7.95. The lowest BCUT2D eigenvalue weighted by molar-refractivity contribution is 0.0950. The van der Waals surface area contributed by atoms with Gasteiger partial charge < -0.3 is 10.3 Å². The minimum atomic E-state index is -3.67. The molecule has 0 spiro atoms. The molecule has 0 bridgehead atoms. The molecule has 0 unspecified atom stereocenters. The van der Waals surface area contributed by atoms with Crippen LogP contribution in [-0.4, -0.2) is 25.9 Å². The molecule has 0 atom stereocenters. The van der Waals surface area contributed by atoms with Crippen molar-refractivity contribution < 1.29 is 13.2 Å². The van der Waals surface area contributed by atoms with E-state index in [1.165, 1.54) is 12.1 Å². The van der Waals surface area contributed by atoms with Gasteiger partial charge in [-0.25, -0.2) is 13.6 Å². The van der Waals surface area contributed by atoms with E-state index in [1.807, 2.05) is 0 Å². The lowest BCUT2D eigenvalue weighted by Crippen LogP contribution is -2.25. The van der Waals surface area contributed by atoms with E-state index in [0.717, 1.165) is 10.0 Å². The van der Waals surface area contributed by atoms with E-state index < -0.39 is 10.0 Å². The summed E-state index contributed by atoms with van der Waals surface area (Å²) >= 11 is 3.26. The van der Waals surface area contributed by atoms with Crippen LogP contribution in [0.3, 0.4) is 0 Å². The number of nitrogens with one attached hydrogen (secondary N) is 2. The molecule has 4 N–H and O–H groups in total. The minimum absolute atomic E-state index is 0.0755. The van der Waals surface area contributed by atoms with Gasteiger partial charge >= 0.3 is 0 Å². The summed E-state index contributed by atoms with van der Waals surface area (Å²) in [6.45, 7) is 0.449. The molecule has 1 amide bonds. The van der Waals surface area contributed by atoms with Crippen LogP contribution < -0.4 is 10.5 Å². The Morgan fingerprint density at radius 2 is 1.95 bits per heavy atom. The van der Waals surface area contributed by atoms with Crippen molar-refractivity contribution in [1.29, 1.82) is 0 Å². The van der Waals surface area contributed by atoms with Gasteiger partial charge in [-0.3, -0.25) is 4.79 Å². The normalized spacial score (nSPS) is 11.3. The predicted octanol–water partition coefficient (Wildman–Crippen LogP) is 1.40. The number of aromatic nitrogens is 1. The maximum absolute atomic E-state index is 11.8. The van der Waals surface area contributed by atoms with Crippen LogP contribution in [0, 0.1) is 0 Å². The second kappa shape index (κ2) is 6.42. The number of sulfonamides is 1. The standard InChI is InChI=1S/C13H14BrN3O3S/c14-10-7-12(17-8-10)13(18)16-6-5-9-1-3-11(4-2-9)21(15,19)20/h1-4,7-8,17H,5-6H2,(H,16,18)(H2,15,19,20). The van der Waals surface area contributed by atoms with Crippen LogP contribution in [0.5, 0.6) is 0 Å². The highest BCUT2D eigenvalue weighted by Gasteiger charge is 2.08. The van der Waals surface area contributed by atoms with E-state index in [-0.39, 0.29) is 10.8 Å². The molecule has 1 aromatic heterocycles. The second-order valence-corrected chi connectivity index (χ2v) is 6.90. The number of rotatable bonds is 5. The molecule has 0 saturated heterocycles. The fourth-order valence-corrected chi connectivity index (χ4v) is 2.62. The maximum Gasteiger partial charge on any atom is 0.267 e. The lowest BCUT2D eigenvalue weighted by atomic mass is 10.1. The molecule has 21 heavy (non-hydrogen) atoms. The molecule has 1 aromatic carbocycles. The fraction of sp³-hybridized carbons (Fsp3) is 0.154. The van der Waals surface area contributed by atoms with Gasteiger partial charge in [-0.2, -0.15) is 0 Å². The molecule has 0 radical (unpaired) electrons. The quantitative estimate of drug-likeness (QED) is 0.739. The zero-order valence-electron chi connectivity index (χ0n) is 11.0. The van der Waals surface area contributed by atoms with E-state index in [0.29, 0.717) is 18.7 Å². The highest BCUT2D eigenvalue weighted by atomic mass is 79.9. The topological polar surface area (TPSA) is 105 Å². The van der Waals surface area contributed by atoms with E-state index in [2.05, 4.69) is 26.2 Å². The van der Waals surface area contributed by atoms with Crippen LogP contribution in [0.4, 0.5) is 0 Å². The average molecular weight is 372 g/mol. The van der Waals surface area contributed by atoms with Crippen molar-refractivity contribution in [3.05, 3.63) is 52.3 Å². The second-order valence-electron chi connectivity index (χ2n) is 4.43. The highest BCUT2D eigenvalue weighted by Crippen LogP contribution is 2.11. The van der Waals surface area contributed by atoms with Crippen molar-refractivity contribution in [2.75, 3.05) is 6.54 Å². The van der Waals surface area contributed by atoms with Crippen molar-refractivity contribution in [3.63, 3.8) is 0 Å². The van der Waals surface area contributed by atoms with Crippen molar-refractivity contribution in [3.8, 4) is 0 Å². The zero-order chi connectivity index (χ0) is 15.5. The monoisotopic (exact) mass is 371 g/mol. The summed E-state index contributed by atoms with van der Waals surface area (Å²) in [4.78, 5) is 14.7. The summed E-state index contributed by atoms with van der Waals surface area (Å²) in [5.41, 5.74) is 1.39. The molecule has 2 aromatic rings. The average Bonchev–Trinajstić information content (AvgIpc) is 2.85. The Kier molecular flexibility index (Phi) is 4.81. The highest BCUT2D eigenvalue weighted by molar-refractivity contribution is 9.10. The summed E-state index contributed by atoms with van der Waals surface area (Å²) in [7, 11) is -3.67. The Morgan fingerprint density at radius 1 is 1.29 bits per heavy atom. The van der Waals surface area contributed by atoms with Crippen molar-refractivity contribution in [2.45, 2.75) is 11.3 Å². The Labute approximate surface area is 130 Å². The smallest absolute Gasteiger partial charge is 0.267 e. The minimum Gasteiger partial charge on any atom is -0.356 e. The first kappa shape index (κ1) is 15.7. The van der Waals surface area contributed by atoms with Gasteiger partial charge in [0, 0.05) is 17.2 Å². The first-order valence-electron chi connectivity index (χ1n) is 6.10. The van der Waals surface area contributed by atoms with E-state index >= 15 is 0 Å². The van der Waals surface area contributed by atoms with E-state index in [4.69, 9.17) is 5.14 Å². The Hall–Kier alpha value is -1.64. The van der Waals surface area contributed by atoms with Gasteiger partial charge in [-0.1, -0.05) is 12.1 Å². The van der Waals surface area contributed by atoms with Gasteiger partial charge in [-0.05, 0) is 46.1 Å². The van der Waals surface area contributed by atoms with Gasteiger partial charge in [-0.15, -0.1) is 0 Å². The van der Waals surface area contributed by atoms with Crippen molar-refractivity contribution in [1.82, 2.24) is 10.3 Å². The molecule has 112 valence electrons. The van der Waals surface area contributed by atoms with Crippen LogP contribution >= 0.6 is 15.9 Å². The number of halogens is 1. The summed E-state index contributed by atoms with van der Waals surface area (Å²) in [5, 5.41) is 7.79. The molecule has 0 fully saturated rings. The molecule has 1 heterocycles. The molecule has 0 aliphatic rings. The third-order valence-corrected chi connectivity index (χ3v) is 4.23. The number of hydrogen-bond acceptors (Lipinski definition) is 3. The molecule has 2 rings (SSSR count). The first-order chi connectivity index (χ1) is 9.86. The van der Waals surface area contributed by atoms with Crippen LogP contribution in [0.15, 0.2) is 45.9 Å². The number of carbonyl (C=O) groups excluding carboxylic acids is 1. The Balaban J connectivity index is 1.88. The van der Waals surface area contributed by atoms with Gasteiger partial charge in [0.05, 0.1) is 4.90 Å². The van der Waals surface area contributed by atoms with Crippen LogP contribution in [0.25, 0.3) is 0 Å². The summed E-state index contributed by atoms with van der Waals surface area (Å²) in [6.07, 6.45) is 2.28. The lowest BCUT2D eigenvalue weighted by Gasteiger charge is -2.05. The largest absolute Gasteiger partial charge is 0.356 e. The van der Waals surface area contributed by atoms with E-state index in [9.17, 15) is 13.2 Å². The van der Waals surface area contributed by atoms with E-state index in [1.54, 1.807) is 24.4 Å². The first-order valence-corrected chi connectivity index (χ1v) is 8.44. The van der Waals surface area contributed by atoms with Gasteiger partial charge in [0.15, 0.2) is 0 Å². The number of primary sulfonamides is 1. The number of H-pyrrole nitrogens is 1. The number of benzene rings is 1. The van der Waals surface area contributed by atoms with Crippen LogP contribution in [0.2, 0.25) is 0 Å². The number of aromatic amines is 1. The maximum atomic E-state index is 11.8. The fourth-order valence-electron chi connectivity index (χ4n) is 1.76. The molecule has 0 aliphatic carbocycles. The summed E-state index contributed by atoms with van der Waals surface area (Å²) in [5.74, 6) is -0.193. The number of carbonyl (C=O) groups is 1. The van der Waals surface area contributed by atoms with Gasteiger partial charge in [0.2, 0.25) is 10.0 Å². The van der Waals surface area contributed by atoms with Crippen LogP contribution in [0.1, 0.15) is 16.1 Å². The number of amides is 1. The van der Waals surface area contributed by atoms with Gasteiger partial charge in [0.25, 0.3) is 5.91 Å². The summed E-state index contributed by atoms with van der Waals surface area (Å²) < 4.78 is 23.1. The molecule has 0 aliphatic heterocycles. The molecular formula is C13H14BrN3O3S. The van der Waals surface area contributed by atoms with Crippen molar-refractivity contribution >= 4 is 31.9 Å². The molecule has 8 heteroatoms. The number of hydrogen-bond donors (Lipinski definition) is 3. The Morgan fingerprint density at radius 3 is 2.48 bits per heavy atom. The molecule has 6 nitrogen and oxygen atoms in total. The molecular weight excluding hydrogens is 358 g/mol. The third-order valence-electron chi connectivity index (χ3n) is 2.84. The predicted molar refractivity (Wildman–Crippen MR) is 82.3 cm³/mol.